The Morgan fingerprint density at radius 3 is 2.50 bits per heavy atom. The largest absolute Gasteiger partial charge is 0.505 e. The molecule has 0 saturated heterocycles. The van der Waals surface area contributed by atoms with Gasteiger partial charge in [0.15, 0.2) is 5.75 Å². The minimum absolute atomic E-state index is 0.0292. The van der Waals surface area contributed by atoms with Crippen LogP contribution in [0.15, 0.2) is 75.8 Å². The van der Waals surface area contributed by atoms with Gasteiger partial charge in [0.1, 0.15) is 22.0 Å². The number of anilines is 1. The van der Waals surface area contributed by atoms with Gasteiger partial charge in [0.2, 0.25) is 0 Å². The van der Waals surface area contributed by atoms with Crippen molar-refractivity contribution < 1.29 is 27.6 Å². The maximum absolute atomic E-state index is 13.3. The van der Waals surface area contributed by atoms with Gasteiger partial charge in [-0.15, -0.1) is 5.11 Å². The number of benzene rings is 4. The van der Waals surface area contributed by atoms with Crippen LogP contribution in [0.5, 0.6) is 11.5 Å². The van der Waals surface area contributed by atoms with Crippen molar-refractivity contribution in [3.63, 3.8) is 0 Å². The van der Waals surface area contributed by atoms with Gasteiger partial charge >= 0.3 is 0 Å². The van der Waals surface area contributed by atoms with E-state index in [0.29, 0.717) is 28.7 Å². The number of rotatable bonds is 7. The molecule has 9 nitrogen and oxygen atoms in total. The molecule has 0 bridgehead atoms. The second kappa shape index (κ2) is 11.0. The standard InChI is InChI=1S/C26H21Cl2N3O6S/c1-3-37-20-10-6-9-19(27)24(20)29-26(33)18-12-15-7-4-5-8-17(15)23(25(18)32)31-30-16-11-14(2)22(28)21(13-16)38(34,35)36/h4-13,32H,3H2,1-2H3,(H,29,33)(H,34,35,36). The van der Waals surface area contributed by atoms with E-state index in [1.54, 1.807) is 56.3 Å². The number of ether oxygens (including phenoxy) is 1. The summed E-state index contributed by atoms with van der Waals surface area (Å²) in [5, 5.41) is 23.2. The van der Waals surface area contributed by atoms with Gasteiger partial charge in [-0.25, -0.2) is 0 Å². The second-order valence-electron chi connectivity index (χ2n) is 8.09. The molecule has 12 heteroatoms. The number of nitrogens with zero attached hydrogens (tertiary/aromatic N) is 2. The molecule has 0 saturated carbocycles. The van der Waals surface area contributed by atoms with E-state index in [-0.39, 0.29) is 32.7 Å². The summed E-state index contributed by atoms with van der Waals surface area (Å²) in [6.45, 7) is 3.68. The Kier molecular flexibility index (Phi) is 7.89. The van der Waals surface area contributed by atoms with E-state index in [1.165, 1.54) is 12.1 Å². The van der Waals surface area contributed by atoms with Crippen LogP contribution in [0.2, 0.25) is 10.0 Å². The highest BCUT2D eigenvalue weighted by Crippen LogP contribution is 2.41. The van der Waals surface area contributed by atoms with Crippen molar-refractivity contribution >= 4 is 67.1 Å². The number of carbonyl (C=O) groups is 1. The summed E-state index contributed by atoms with van der Waals surface area (Å²) < 4.78 is 38.5. The fourth-order valence-electron chi connectivity index (χ4n) is 3.75. The van der Waals surface area contributed by atoms with Crippen LogP contribution in [-0.2, 0) is 10.1 Å². The molecular weight excluding hydrogens is 553 g/mol. The lowest BCUT2D eigenvalue weighted by atomic mass is 10.0. The fraction of sp³-hybridized carbons (Fsp3) is 0.115. The predicted molar refractivity (Wildman–Crippen MR) is 146 cm³/mol. The Balaban J connectivity index is 1.81. The molecule has 0 radical (unpaired) electrons. The highest BCUT2D eigenvalue weighted by molar-refractivity contribution is 7.86. The molecular formula is C26H21Cl2N3O6S. The zero-order chi connectivity index (χ0) is 27.6. The van der Waals surface area contributed by atoms with Gasteiger partial charge in [-0.2, -0.15) is 13.5 Å². The van der Waals surface area contributed by atoms with Crippen LogP contribution in [0.3, 0.4) is 0 Å². The molecule has 0 heterocycles. The summed E-state index contributed by atoms with van der Waals surface area (Å²) in [7, 11) is -4.62. The number of hydrogen-bond donors (Lipinski definition) is 3. The molecule has 4 aromatic rings. The molecule has 0 unspecified atom stereocenters. The number of azo groups is 1. The van der Waals surface area contributed by atoms with Crippen LogP contribution in [0, 0.1) is 6.92 Å². The summed E-state index contributed by atoms with van der Waals surface area (Å²) >= 11 is 12.3. The third-order valence-electron chi connectivity index (χ3n) is 5.50. The average Bonchev–Trinajstić information content (AvgIpc) is 2.86. The van der Waals surface area contributed by atoms with Gasteiger partial charge < -0.3 is 15.2 Å². The highest BCUT2D eigenvalue weighted by Gasteiger charge is 2.21. The molecule has 38 heavy (non-hydrogen) atoms. The molecule has 0 spiro atoms. The number of phenols is 1. The molecule has 4 rings (SSSR count). The summed E-state index contributed by atoms with van der Waals surface area (Å²) in [6, 6.07) is 15.8. The first-order chi connectivity index (χ1) is 18.0. The van der Waals surface area contributed by atoms with Gasteiger partial charge in [0, 0.05) is 5.39 Å². The average molecular weight is 574 g/mol. The number of hydrogen-bond acceptors (Lipinski definition) is 7. The zero-order valence-corrected chi connectivity index (χ0v) is 22.4. The number of nitrogens with one attached hydrogen (secondary N) is 1. The molecule has 0 atom stereocenters. The van der Waals surface area contributed by atoms with E-state index in [2.05, 4.69) is 15.5 Å². The smallest absolute Gasteiger partial charge is 0.296 e. The number of para-hydroxylation sites is 1. The lowest BCUT2D eigenvalue weighted by Crippen LogP contribution is -2.14. The van der Waals surface area contributed by atoms with Crippen molar-refractivity contribution in [3.05, 3.63) is 81.8 Å². The normalized spacial score (nSPS) is 11.7. The molecule has 0 aromatic heterocycles. The van der Waals surface area contributed by atoms with E-state index in [4.69, 9.17) is 27.9 Å². The van der Waals surface area contributed by atoms with Gasteiger partial charge in [0.25, 0.3) is 16.0 Å². The van der Waals surface area contributed by atoms with Gasteiger partial charge in [-0.3, -0.25) is 9.35 Å². The minimum Gasteiger partial charge on any atom is -0.505 e. The summed E-state index contributed by atoms with van der Waals surface area (Å²) in [6.07, 6.45) is 0. The second-order valence-corrected chi connectivity index (χ2v) is 10.3. The number of aryl methyl sites for hydroxylation is 1. The summed E-state index contributed by atoms with van der Waals surface area (Å²) in [5.41, 5.74) is 0.494. The number of fused-ring (bicyclic) bond motifs is 1. The first kappa shape index (κ1) is 27.3. The molecule has 3 N–H and O–H groups in total. The fourth-order valence-corrected chi connectivity index (χ4v) is 5.02. The topological polar surface area (TPSA) is 138 Å². The predicted octanol–water partition coefficient (Wildman–Crippen LogP) is 7.47. The number of carbonyl (C=O) groups excluding carboxylic acids is 1. The maximum atomic E-state index is 13.3. The van der Waals surface area contributed by atoms with Gasteiger partial charge in [-0.05, 0) is 55.1 Å². The van der Waals surface area contributed by atoms with Crippen LogP contribution < -0.4 is 10.1 Å². The monoisotopic (exact) mass is 573 g/mol. The molecule has 196 valence electrons. The lowest BCUT2D eigenvalue weighted by Gasteiger charge is -2.15. The third kappa shape index (κ3) is 5.58. The van der Waals surface area contributed by atoms with Crippen molar-refractivity contribution in [2.45, 2.75) is 18.7 Å². The summed E-state index contributed by atoms with van der Waals surface area (Å²) in [4.78, 5) is 12.8. The quantitative estimate of drug-likeness (QED) is 0.155. The van der Waals surface area contributed by atoms with Gasteiger partial charge in [-0.1, -0.05) is 53.5 Å². The minimum atomic E-state index is -4.62. The number of aromatic hydroxyl groups is 1. The Hall–Kier alpha value is -3.70. The van der Waals surface area contributed by atoms with E-state index < -0.39 is 26.7 Å². The lowest BCUT2D eigenvalue weighted by molar-refractivity contribution is 0.102. The van der Waals surface area contributed by atoms with Crippen LogP contribution in [0.4, 0.5) is 17.1 Å². The molecule has 0 aliphatic carbocycles. The van der Waals surface area contributed by atoms with Crippen molar-refractivity contribution in [2.75, 3.05) is 11.9 Å². The molecule has 0 aliphatic rings. The molecule has 1 amide bonds. The van der Waals surface area contributed by atoms with Crippen LogP contribution in [0.1, 0.15) is 22.8 Å². The molecule has 4 aromatic carbocycles. The van der Waals surface area contributed by atoms with Crippen LogP contribution in [-0.4, -0.2) is 30.6 Å². The van der Waals surface area contributed by atoms with Crippen LogP contribution in [0.25, 0.3) is 10.8 Å². The molecule has 0 fully saturated rings. The Morgan fingerprint density at radius 2 is 1.79 bits per heavy atom. The summed E-state index contributed by atoms with van der Waals surface area (Å²) in [5.74, 6) is -0.772. The SMILES string of the molecule is CCOc1cccc(Cl)c1NC(=O)c1cc2ccccc2c(N=Nc2cc(C)c(Cl)c(S(=O)(=O)O)c2)c1O. The Labute approximate surface area is 228 Å². The van der Waals surface area contributed by atoms with Crippen molar-refractivity contribution in [3.8, 4) is 11.5 Å². The number of halogens is 2. The van der Waals surface area contributed by atoms with E-state index in [1.807, 2.05) is 0 Å². The van der Waals surface area contributed by atoms with Crippen molar-refractivity contribution in [1.82, 2.24) is 0 Å². The van der Waals surface area contributed by atoms with Crippen molar-refractivity contribution in [1.29, 1.82) is 0 Å². The number of phenolic OH excluding ortho intramolecular Hbond substituents is 1. The first-order valence-corrected chi connectivity index (χ1v) is 13.4. The Bertz CT molecular complexity index is 1710. The zero-order valence-electron chi connectivity index (χ0n) is 20.1. The Morgan fingerprint density at radius 1 is 1.05 bits per heavy atom. The van der Waals surface area contributed by atoms with Crippen molar-refractivity contribution in [2.24, 2.45) is 10.2 Å². The van der Waals surface area contributed by atoms with E-state index in [0.717, 1.165) is 6.07 Å². The van der Waals surface area contributed by atoms with Gasteiger partial charge in [0.05, 0.1) is 27.9 Å². The van der Waals surface area contributed by atoms with E-state index in [9.17, 15) is 22.9 Å². The highest BCUT2D eigenvalue weighted by atomic mass is 35.5. The van der Waals surface area contributed by atoms with E-state index >= 15 is 0 Å². The number of amides is 1. The third-order valence-corrected chi connectivity index (χ3v) is 7.31. The molecule has 0 aliphatic heterocycles. The van der Waals surface area contributed by atoms with Crippen LogP contribution >= 0.6 is 23.2 Å². The first-order valence-electron chi connectivity index (χ1n) is 11.2. The maximum Gasteiger partial charge on any atom is 0.296 e.